The van der Waals surface area contributed by atoms with E-state index in [-0.39, 0.29) is 5.91 Å². The van der Waals surface area contributed by atoms with Gasteiger partial charge in [-0.15, -0.1) is 0 Å². The van der Waals surface area contributed by atoms with E-state index < -0.39 is 0 Å². The number of amides is 1. The molecule has 4 rings (SSSR count). The predicted octanol–water partition coefficient (Wildman–Crippen LogP) is 4.02. The molecule has 0 fully saturated rings. The summed E-state index contributed by atoms with van der Waals surface area (Å²) in [7, 11) is 0. The first kappa shape index (κ1) is 17.4. The Morgan fingerprint density at radius 3 is 2.57 bits per heavy atom. The third-order valence-corrected chi connectivity index (χ3v) is 4.07. The lowest BCUT2D eigenvalue weighted by Crippen LogP contribution is -2.14. The molecule has 28 heavy (non-hydrogen) atoms. The molecule has 0 spiro atoms. The maximum Gasteiger partial charge on any atom is 0.260 e. The zero-order chi connectivity index (χ0) is 19.3. The molecule has 4 aromatic rings. The Balaban J connectivity index is 1.57. The Kier molecular flexibility index (Phi) is 4.79. The summed E-state index contributed by atoms with van der Waals surface area (Å²) in [5.41, 5.74) is 0.408. The second kappa shape index (κ2) is 7.71. The zero-order valence-corrected chi connectivity index (χ0v) is 15.1. The van der Waals surface area contributed by atoms with Gasteiger partial charge in [-0.2, -0.15) is 0 Å². The summed E-state index contributed by atoms with van der Waals surface area (Å²) in [6, 6.07) is 18.1. The number of hydrogen-bond acceptors (Lipinski definition) is 5. The molecule has 0 unspecified atom stereocenters. The average molecular weight is 371 g/mol. The maximum atomic E-state index is 12.8. The molecule has 0 aliphatic heterocycles. The third kappa shape index (κ3) is 3.73. The number of benzene rings is 2. The molecule has 2 aromatic heterocycles. The molecule has 0 aliphatic rings. The fourth-order valence-electron chi connectivity index (χ4n) is 2.71. The quantitative estimate of drug-likeness (QED) is 0.573. The second-order valence-corrected chi connectivity index (χ2v) is 5.97. The third-order valence-electron chi connectivity index (χ3n) is 4.07. The molecule has 0 aliphatic carbocycles. The van der Waals surface area contributed by atoms with Gasteiger partial charge in [0.15, 0.2) is 0 Å². The number of aromatic nitrogens is 4. The van der Waals surface area contributed by atoms with Gasteiger partial charge in [0, 0.05) is 18.5 Å². The molecule has 0 saturated carbocycles. The van der Waals surface area contributed by atoms with Crippen molar-refractivity contribution in [2.75, 3.05) is 5.32 Å². The number of nitrogens with zero attached hydrogens (tertiary/aromatic N) is 4. The molecule has 0 bridgehead atoms. The minimum atomic E-state index is -0.321. The van der Waals surface area contributed by atoms with Crippen molar-refractivity contribution < 1.29 is 9.53 Å². The highest BCUT2D eigenvalue weighted by molar-refractivity contribution is 6.05. The smallest absolute Gasteiger partial charge is 0.260 e. The Bertz CT molecular complexity index is 1110. The molecular weight excluding hydrogens is 354 g/mol. The van der Waals surface area contributed by atoms with Crippen molar-refractivity contribution >= 4 is 11.7 Å². The Labute approximate surface area is 161 Å². The minimum Gasteiger partial charge on any atom is -0.457 e. The van der Waals surface area contributed by atoms with Crippen LogP contribution in [0.25, 0.3) is 5.82 Å². The van der Waals surface area contributed by atoms with Gasteiger partial charge >= 0.3 is 0 Å². The van der Waals surface area contributed by atoms with Crippen molar-refractivity contribution in [3.05, 3.63) is 90.8 Å². The summed E-state index contributed by atoms with van der Waals surface area (Å²) < 4.78 is 7.67. The molecule has 1 N–H and O–H groups in total. The van der Waals surface area contributed by atoms with Crippen molar-refractivity contribution in [2.45, 2.75) is 6.92 Å². The fourth-order valence-corrected chi connectivity index (χ4v) is 2.71. The van der Waals surface area contributed by atoms with E-state index in [0.717, 1.165) is 5.82 Å². The highest BCUT2D eigenvalue weighted by Gasteiger charge is 2.14. The number of carbonyl (C=O) groups is 1. The molecular formula is C21H17N5O2. The van der Waals surface area contributed by atoms with Crippen LogP contribution in [0.2, 0.25) is 0 Å². The Morgan fingerprint density at radius 2 is 1.79 bits per heavy atom. The number of hydrogen-bond donors (Lipinski definition) is 1. The summed E-state index contributed by atoms with van der Waals surface area (Å²) >= 11 is 0. The van der Waals surface area contributed by atoms with Gasteiger partial charge in [-0.1, -0.05) is 30.3 Å². The lowest BCUT2D eigenvalue weighted by molar-refractivity contribution is 0.102. The summed E-state index contributed by atoms with van der Waals surface area (Å²) in [5, 5.41) is 2.80. The van der Waals surface area contributed by atoms with Crippen LogP contribution in [-0.2, 0) is 0 Å². The Hall–Kier alpha value is -4.00. The van der Waals surface area contributed by atoms with Crippen LogP contribution in [0.15, 0.2) is 79.4 Å². The van der Waals surface area contributed by atoms with Gasteiger partial charge in [0.05, 0.1) is 5.56 Å². The highest BCUT2D eigenvalue weighted by Crippen LogP contribution is 2.25. The van der Waals surface area contributed by atoms with E-state index >= 15 is 0 Å². The summed E-state index contributed by atoms with van der Waals surface area (Å²) in [4.78, 5) is 25.4. The van der Waals surface area contributed by atoms with E-state index in [0.29, 0.717) is 28.7 Å². The van der Waals surface area contributed by atoms with Crippen LogP contribution >= 0.6 is 0 Å². The summed E-state index contributed by atoms with van der Waals surface area (Å²) in [6.45, 7) is 1.87. The van der Waals surface area contributed by atoms with Crippen LogP contribution < -0.4 is 10.1 Å². The number of imidazole rings is 1. The topological polar surface area (TPSA) is 81.9 Å². The highest BCUT2D eigenvalue weighted by atomic mass is 16.5. The van der Waals surface area contributed by atoms with E-state index in [1.165, 1.54) is 6.33 Å². The van der Waals surface area contributed by atoms with E-state index in [1.54, 1.807) is 36.7 Å². The zero-order valence-electron chi connectivity index (χ0n) is 15.1. The second-order valence-electron chi connectivity index (χ2n) is 5.97. The monoisotopic (exact) mass is 371 g/mol. The van der Waals surface area contributed by atoms with Crippen LogP contribution in [0, 0.1) is 6.92 Å². The first-order chi connectivity index (χ1) is 13.7. The van der Waals surface area contributed by atoms with Crippen LogP contribution in [0.5, 0.6) is 11.5 Å². The first-order valence-corrected chi connectivity index (χ1v) is 8.66. The number of para-hydroxylation sites is 2. The van der Waals surface area contributed by atoms with Gasteiger partial charge in [0.1, 0.15) is 35.3 Å². The SMILES string of the molecule is Cc1nccn1-c1cc(NC(=O)c2ccccc2Oc2ccccc2)ncn1. The molecule has 7 heteroatoms. The molecule has 0 radical (unpaired) electrons. The lowest BCUT2D eigenvalue weighted by Gasteiger charge is -2.11. The largest absolute Gasteiger partial charge is 0.457 e. The molecule has 138 valence electrons. The molecule has 2 heterocycles. The van der Waals surface area contributed by atoms with Gasteiger partial charge in [-0.05, 0) is 31.2 Å². The maximum absolute atomic E-state index is 12.8. The summed E-state index contributed by atoms with van der Waals surface area (Å²) in [6.07, 6.45) is 4.88. The molecule has 0 saturated heterocycles. The van der Waals surface area contributed by atoms with E-state index in [2.05, 4.69) is 20.3 Å². The molecule has 0 atom stereocenters. The minimum absolute atomic E-state index is 0.321. The molecule has 2 aromatic carbocycles. The number of carbonyl (C=O) groups excluding carboxylic acids is 1. The van der Waals surface area contributed by atoms with Gasteiger partial charge in [-0.3, -0.25) is 9.36 Å². The number of rotatable bonds is 5. The standard InChI is InChI=1S/C21H17N5O2/c1-15-22-11-12-26(15)20-13-19(23-14-24-20)25-21(27)17-9-5-6-10-18(17)28-16-7-3-2-4-8-16/h2-14H,1H3,(H,23,24,25,27). The Morgan fingerprint density at radius 1 is 1.00 bits per heavy atom. The van der Waals surface area contributed by atoms with E-state index in [4.69, 9.17) is 4.74 Å². The van der Waals surface area contributed by atoms with Crippen LogP contribution in [0.3, 0.4) is 0 Å². The molecule has 7 nitrogen and oxygen atoms in total. The van der Waals surface area contributed by atoms with Crippen molar-refractivity contribution in [2.24, 2.45) is 0 Å². The number of aryl methyl sites for hydroxylation is 1. The predicted molar refractivity (Wildman–Crippen MR) is 105 cm³/mol. The van der Waals surface area contributed by atoms with E-state index in [9.17, 15) is 4.79 Å². The van der Waals surface area contributed by atoms with Gasteiger partial charge in [0.2, 0.25) is 0 Å². The number of nitrogens with one attached hydrogen (secondary N) is 1. The average Bonchev–Trinajstić information content (AvgIpc) is 3.15. The normalized spacial score (nSPS) is 10.5. The van der Waals surface area contributed by atoms with E-state index in [1.807, 2.05) is 47.9 Å². The van der Waals surface area contributed by atoms with Crippen molar-refractivity contribution in [1.82, 2.24) is 19.5 Å². The van der Waals surface area contributed by atoms with Crippen molar-refractivity contribution in [1.29, 1.82) is 0 Å². The fraction of sp³-hybridized carbons (Fsp3) is 0.0476. The number of ether oxygens (including phenoxy) is 1. The van der Waals surface area contributed by atoms with Gasteiger partial charge in [-0.25, -0.2) is 15.0 Å². The van der Waals surface area contributed by atoms with Gasteiger partial charge < -0.3 is 10.1 Å². The summed E-state index contributed by atoms with van der Waals surface area (Å²) in [5.74, 6) is 2.59. The van der Waals surface area contributed by atoms with Crippen LogP contribution in [0.4, 0.5) is 5.82 Å². The van der Waals surface area contributed by atoms with Crippen LogP contribution in [0.1, 0.15) is 16.2 Å². The van der Waals surface area contributed by atoms with Crippen molar-refractivity contribution in [3.8, 4) is 17.3 Å². The lowest BCUT2D eigenvalue weighted by atomic mass is 10.2. The molecule has 1 amide bonds. The van der Waals surface area contributed by atoms with Crippen molar-refractivity contribution in [3.63, 3.8) is 0 Å². The van der Waals surface area contributed by atoms with Gasteiger partial charge in [0.25, 0.3) is 5.91 Å². The number of anilines is 1. The van der Waals surface area contributed by atoms with Crippen LogP contribution in [-0.4, -0.2) is 25.4 Å². The first-order valence-electron chi connectivity index (χ1n) is 8.66.